The second-order valence-corrected chi connectivity index (χ2v) is 12.7. The first-order valence-corrected chi connectivity index (χ1v) is 15.4. The third kappa shape index (κ3) is 8.42. The predicted molar refractivity (Wildman–Crippen MR) is 162 cm³/mol. The van der Waals surface area contributed by atoms with E-state index in [4.69, 9.17) is 0 Å². The highest BCUT2D eigenvalue weighted by Crippen LogP contribution is 2.26. The molecule has 1 N–H and O–H groups in total. The van der Waals surface area contributed by atoms with Gasteiger partial charge in [0.2, 0.25) is 21.8 Å². The molecule has 2 amide bonds. The predicted octanol–water partition coefficient (Wildman–Crippen LogP) is 4.79. The normalized spacial score (nSPS) is 12.2. The lowest BCUT2D eigenvalue weighted by Crippen LogP contribution is -2.53. The highest BCUT2D eigenvalue weighted by atomic mass is 32.2. The summed E-state index contributed by atoms with van der Waals surface area (Å²) in [6.45, 7) is 9.96. The van der Waals surface area contributed by atoms with E-state index in [0.29, 0.717) is 18.7 Å². The van der Waals surface area contributed by atoms with Gasteiger partial charge in [-0.2, -0.15) is 0 Å². The number of hydrogen-bond acceptors (Lipinski definition) is 4. The summed E-state index contributed by atoms with van der Waals surface area (Å²) in [5, 5.41) is 3.00. The molecule has 0 radical (unpaired) electrons. The Balaban J connectivity index is 2.07. The van der Waals surface area contributed by atoms with E-state index in [0.717, 1.165) is 38.4 Å². The minimum absolute atomic E-state index is 0.163. The lowest BCUT2D eigenvalue weighted by Gasteiger charge is -2.34. The summed E-state index contributed by atoms with van der Waals surface area (Å²) in [5.74, 6) is -0.490. The van der Waals surface area contributed by atoms with Crippen LogP contribution >= 0.6 is 0 Å². The Labute approximate surface area is 239 Å². The number of anilines is 1. The number of carbonyl (C=O) groups is 2. The molecule has 0 unspecified atom stereocenters. The van der Waals surface area contributed by atoms with Gasteiger partial charge in [0.05, 0.1) is 11.9 Å². The van der Waals surface area contributed by atoms with Crippen LogP contribution < -0.4 is 9.62 Å². The van der Waals surface area contributed by atoms with E-state index >= 15 is 0 Å². The second kappa shape index (κ2) is 13.6. The quantitative estimate of drug-likeness (QED) is 0.343. The first-order valence-electron chi connectivity index (χ1n) is 13.6. The largest absolute Gasteiger partial charge is 0.354 e. The van der Waals surface area contributed by atoms with Crippen LogP contribution in [0.5, 0.6) is 0 Å². The van der Waals surface area contributed by atoms with Crippen LogP contribution in [0.25, 0.3) is 0 Å². The van der Waals surface area contributed by atoms with E-state index in [-0.39, 0.29) is 18.4 Å². The van der Waals surface area contributed by atoms with Crippen LogP contribution in [0.15, 0.2) is 72.8 Å². The zero-order valence-electron chi connectivity index (χ0n) is 24.3. The van der Waals surface area contributed by atoms with Crippen LogP contribution in [-0.4, -0.2) is 50.5 Å². The van der Waals surface area contributed by atoms with Crippen molar-refractivity contribution < 1.29 is 18.0 Å². The number of amides is 2. The highest BCUT2D eigenvalue weighted by Gasteiger charge is 2.33. The van der Waals surface area contributed by atoms with Crippen LogP contribution in [0, 0.1) is 26.7 Å². The number of sulfonamides is 1. The van der Waals surface area contributed by atoms with Crippen molar-refractivity contribution in [3.8, 4) is 0 Å². The maximum absolute atomic E-state index is 14.2. The van der Waals surface area contributed by atoms with Crippen molar-refractivity contribution in [2.24, 2.45) is 5.92 Å². The topological polar surface area (TPSA) is 86.8 Å². The summed E-state index contributed by atoms with van der Waals surface area (Å²) in [6, 6.07) is 21.9. The van der Waals surface area contributed by atoms with Gasteiger partial charge in [0.1, 0.15) is 12.6 Å². The summed E-state index contributed by atoms with van der Waals surface area (Å²) in [4.78, 5) is 29.3. The van der Waals surface area contributed by atoms with Gasteiger partial charge >= 0.3 is 0 Å². The second-order valence-electron chi connectivity index (χ2n) is 10.8. The molecular formula is C32H41N3O4S. The number of aryl methyl sites for hydroxylation is 2. The molecule has 7 nitrogen and oxygen atoms in total. The molecule has 3 aromatic rings. The van der Waals surface area contributed by atoms with Gasteiger partial charge in [0.15, 0.2) is 0 Å². The molecule has 0 fully saturated rings. The van der Waals surface area contributed by atoms with Gasteiger partial charge in [0, 0.05) is 19.5 Å². The Hall–Kier alpha value is -3.65. The molecule has 0 aliphatic carbocycles. The highest BCUT2D eigenvalue weighted by molar-refractivity contribution is 7.92. The molecule has 0 saturated carbocycles. The van der Waals surface area contributed by atoms with Gasteiger partial charge in [-0.05, 0) is 55.0 Å². The van der Waals surface area contributed by atoms with Crippen LogP contribution in [0.4, 0.5) is 5.69 Å². The number of nitrogens with one attached hydrogen (secondary N) is 1. The molecule has 1 atom stereocenters. The molecule has 0 heterocycles. The number of rotatable bonds is 12. The van der Waals surface area contributed by atoms with Gasteiger partial charge in [0.25, 0.3) is 0 Å². The minimum atomic E-state index is -3.81. The fourth-order valence-electron chi connectivity index (χ4n) is 4.47. The average Bonchev–Trinajstić information content (AvgIpc) is 2.90. The molecule has 3 rings (SSSR count). The van der Waals surface area contributed by atoms with Crippen molar-refractivity contribution >= 4 is 27.5 Å². The zero-order chi connectivity index (χ0) is 29.4. The van der Waals surface area contributed by atoms with Gasteiger partial charge in [-0.25, -0.2) is 8.42 Å². The van der Waals surface area contributed by atoms with Gasteiger partial charge in [-0.1, -0.05) is 86.1 Å². The lowest BCUT2D eigenvalue weighted by molar-refractivity contribution is -0.140. The van der Waals surface area contributed by atoms with Crippen LogP contribution in [0.1, 0.15) is 41.7 Å². The number of benzene rings is 3. The third-order valence-electron chi connectivity index (χ3n) is 6.95. The first kappa shape index (κ1) is 30.9. The molecule has 214 valence electrons. The van der Waals surface area contributed by atoms with Crippen LogP contribution in [-0.2, 0) is 32.6 Å². The van der Waals surface area contributed by atoms with E-state index in [1.165, 1.54) is 4.90 Å². The average molecular weight is 564 g/mol. The fourth-order valence-corrected chi connectivity index (χ4v) is 5.37. The van der Waals surface area contributed by atoms with E-state index in [1.807, 2.05) is 95.3 Å². The summed E-state index contributed by atoms with van der Waals surface area (Å²) >= 11 is 0. The Bertz CT molecular complexity index is 1400. The van der Waals surface area contributed by atoms with E-state index in [2.05, 4.69) is 5.32 Å². The van der Waals surface area contributed by atoms with Crippen LogP contribution in [0.2, 0.25) is 0 Å². The molecular weight excluding hydrogens is 522 g/mol. The molecule has 0 aliphatic rings. The third-order valence-corrected chi connectivity index (χ3v) is 8.08. The molecule has 0 spiro atoms. The van der Waals surface area contributed by atoms with Gasteiger partial charge in [-0.15, -0.1) is 0 Å². The Morgan fingerprint density at radius 3 is 2.10 bits per heavy atom. The lowest BCUT2D eigenvalue weighted by atomic mass is 10.0. The van der Waals surface area contributed by atoms with E-state index < -0.39 is 28.5 Å². The van der Waals surface area contributed by atoms with Crippen molar-refractivity contribution in [2.45, 2.75) is 53.6 Å². The van der Waals surface area contributed by atoms with Crippen molar-refractivity contribution in [2.75, 3.05) is 23.7 Å². The molecule has 3 aromatic carbocycles. The fraction of sp³-hybridized carbons (Fsp3) is 0.375. The van der Waals surface area contributed by atoms with Crippen LogP contribution in [0.3, 0.4) is 0 Å². The summed E-state index contributed by atoms with van der Waals surface area (Å²) < 4.78 is 27.1. The monoisotopic (exact) mass is 563 g/mol. The Kier molecular flexibility index (Phi) is 10.5. The number of carbonyl (C=O) groups excluding carboxylic acids is 2. The van der Waals surface area contributed by atoms with E-state index in [1.54, 1.807) is 12.1 Å². The first-order chi connectivity index (χ1) is 18.9. The van der Waals surface area contributed by atoms with Gasteiger partial charge in [-0.3, -0.25) is 13.9 Å². The number of hydrogen-bond donors (Lipinski definition) is 1. The summed E-state index contributed by atoms with van der Waals surface area (Å²) in [6.07, 6.45) is 1.40. The SMILES string of the molecule is Cc1ccc(CN(C(=O)CN(c2cccc(C)c2C)S(C)(=O)=O)[C@@H](Cc2ccccc2)C(=O)NCC(C)C)cc1. The van der Waals surface area contributed by atoms with Crippen molar-refractivity contribution in [3.63, 3.8) is 0 Å². The summed E-state index contributed by atoms with van der Waals surface area (Å²) in [7, 11) is -3.81. The standard InChI is InChI=1S/C32H41N3O4S/c1-23(2)20-33-32(37)30(19-27-12-8-7-9-13-27)34(21-28-17-15-24(3)16-18-28)31(36)22-35(40(6,38)39)29-14-10-11-25(4)26(29)5/h7-18,23,30H,19-22H2,1-6H3,(H,33,37)/t30-/m0/s1. The maximum Gasteiger partial charge on any atom is 0.244 e. The smallest absolute Gasteiger partial charge is 0.244 e. The molecule has 0 saturated heterocycles. The molecule has 0 aliphatic heterocycles. The zero-order valence-corrected chi connectivity index (χ0v) is 25.2. The summed E-state index contributed by atoms with van der Waals surface area (Å²) in [5.41, 5.74) is 4.99. The minimum Gasteiger partial charge on any atom is -0.354 e. The molecule has 0 bridgehead atoms. The van der Waals surface area contributed by atoms with Crippen molar-refractivity contribution in [1.29, 1.82) is 0 Å². The van der Waals surface area contributed by atoms with E-state index in [9.17, 15) is 18.0 Å². The molecule has 0 aromatic heterocycles. The Morgan fingerprint density at radius 2 is 1.50 bits per heavy atom. The molecule has 40 heavy (non-hydrogen) atoms. The number of nitrogens with zero attached hydrogens (tertiary/aromatic N) is 2. The van der Waals surface area contributed by atoms with Gasteiger partial charge < -0.3 is 10.2 Å². The maximum atomic E-state index is 14.2. The van der Waals surface area contributed by atoms with Crippen molar-refractivity contribution in [3.05, 3.63) is 101 Å². The van der Waals surface area contributed by atoms with Crippen molar-refractivity contribution in [1.82, 2.24) is 10.2 Å². The molecule has 8 heteroatoms. The Morgan fingerprint density at radius 1 is 0.850 bits per heavy atom.